The van der Waals surface area contributed by atoms with Crippen LogP contribution >= 0.6 is 0 Å². The summed E-state index contributed by atoms with van der Waals surface area (Å²) in [7, 11) is 1.33. The lowest BCUT2D eigenvalue weighted by Gasteiger charge is -2.42. The maximum absolute atomic E-state index is 12.3. The van der Waals surface area contributed by atoms with Gasteiger partial charge in [-0.05, 0) is 45.4 Å². The molecule has 0 radical (unpaired) electrons. The Morgan fingerprint density at radius 1 is 1.38 bits per heavy atom. The molecule has 1 saturated carbocycles. The van der Waals surface area contributed by atoms with Crippen LogP contribution in [0.1, 0.15) is 46.5 Å². The van der Waals surface area contributed by atoms with Crippen molar-refractivity contribution >= 4 is 17.9 Å². The van der Waals surface area contributed by atoms with E-state index in [1.807, 2.05) is 0 Å². The van der Waals surface area contributed by atoms with E-state index >= 15 is 0 Å². The number of hydrogen-bond acceptors (Lipinski definition) is 4. The molecule has 0 aromatic carbocycles. The molecule has 3 amide bonds. The fourth-order valence-corrected chi connectivity index (χ4v) is 3.29. The zero-order chi connectivity index (χ0) is 15.8. The van der Waals surface area contributed by atoms with Gasteiger partial charge in [-0.25, -0.2) is 4.79 Å². The number of urea groups is 1. The maximum atomic E-state index is 12.3. The summed E-state index contributed by atoms with van der Waals surface area (Å²) in [6.07, 6.45) is 3.14. The Balaban J connectivity index is 2.25. The van der Waals surface area contributed by atoms with E-state index in [-0.39, 0.29) is 18.4 Å². The fourth-order valence-electron chi connectivity index (χ4n) is 3.29. The molecule has 21 heavy (non-hydrogen) atoms. The van der Waals surface area contributed by atoms with Crippen LogP contribution in [0.2, 0.25) is 0 Å². The van der Waals surface area contributed by atoms with Crippen LogP contribution < -0.4 is 5.32 Å². The molecule has 1 spiro atoms. The van der Waals surface area contributed by atoms with Gasteiger partial charge < -0.3 is 9.64 Å². The van der Waals surface area contributed by atoms with Gasteiger partial charge in [0.15, 0.2) is 0 Å². The first kappa shape index (κ1) is 15.8. The molecule has 1 saturated heterocycles. The minimum Gasteiger partial charge on any atom is -0.469 e. The minimum absolute atomic E-state index is 0.186. The molecular formula is C15H24N2O4. The number of amides is 3. The van der Waals surface area contributed by atoms with Crippen molar-refractivity contribution in [1.29, 1.82) is 0 Å². The van der Waals surface area contributed by atoms with Crippen LogP contribution in [-0.2, 0) is 14.3 Å². The van der Waals surface area contributed by atoms with Gasteiger partial charge in [-0.1, -0.05) is 6.92 Å². The lowest BCUT2D eigenvalue weighted by molar-refractivity contribution is -0.152. The molecule has 0 atom stereocenters. The molecule has 0 unspecified atom stereocenters. The van der Waals surface area contributed by atoms with Crippen LogP contribution in [-0.4, -0.2) is 42.0 Å². The Bertz CT molecular complexity index is 464. The van der Waals surface area contributed by atoms with E-state index < -0.39 is 17.0 Å². The molecule has 1 aliphatic heterocycles. The molecule has 1 heterocycles. The van der Waals surface area contributed by atoms with E-state index in [0.29, 0.717) is 18.8 Å². The van der Waals surface area contributed by atoms with Crippen molar-refractivity contribution < 1.29 is 19.1 Å². The molecule has 2 fully saturated rings. The third-order valence-corrected chi connectivity index (χ3v) is 4.80. The fraction of sp³-hybridized carbons (Fsp3) is 0.800. The van der Waals surface area contributed by atoms with Crippen LogP contribution in [0, 0.1) is 11.3 Å². The number of hydrogen-bond donors (Lipinski definition) is 1. The van der Waals surface area contributed by atoms with Gasteiger partial charge in [0.25, 0.3) is 5.91 Å². The van der Waals surface area contributed by atoms with Crippen molar-refractivity contribution in [1.82, 2.24) is 10.2 Å². The second-order valence-electron chi connectivity index (χ2n) is 6.93. The number of carbonyl (C=O) groups excluding carboxylic acids is 3. The predicted octanol–water partition coefficient (Wildman–Crippen LogP) is 1.69. The monoisotopic (exact) mass is 296 g/mol. The van der Waals surface area contributed by atoms with Crippen LogP contribution in [0.4, 0.5) is 4.79 Å². The van der Waals surface area contributed by atoms with E-state index in [0.717, 1.165) is 12.8 Å². The number of carbonyl (C=O) groups is 3. The smallest absolute Gasteiger partial charge is 0.325 e. The van der Waals surface area contributed by atoms with Crippen molar-refractivity contribution in [2.75, 3.05) is 13.7 Å². The standard InChI is InChI=1S/C15H24N2O4/c1-10-5-7-15(8-6-10)11(18)16-13(20)17(15)9-14(2,3)12(19)21-4/h10H,5-9H2,1-4H3,(H,16,18,20). The first-order chi connectivity index (χ1) is 9.73. The summed E-state index contributed by atoms with van der Waals surface area (Å²) in [5.41, 5.74) is -1.62. The van der Waals surface area contributed by atoms with Gasteiger partial charge in [0.05, 0.1) is 12.5 Å². The Morgan fingerprint density at radius 2 is 1.95 bits per heavy atom. The topological polar surface area (TPSA) is 75.7 Å². The van der Waals surface area contributed by atoms with E-state index in [4.69, 9.17) is 4.74 Å². The Hall–Kier alpha value is -1.59. The van der Waals surface area contributed by atoms with Gasteiger partial charge in [0.1, 0.15) is 5.54 Å². The largest absolute Gasteiger partial charge is 0.469 e. The van der Waals surface area contributed by atoms with Crippen molar-refractivity contribution in [2.45, 2.75) is 52.0 Å². The van der Waals surface area contributed by atoms with Crippen molar-refractivity contribution in [2.24, 2.45) is 11.3 Å². The lowest BCUT2D eigenvalue weighted by atomic mass is 9.75. The van der Waals surface area contributed by atoms with E-state index in [1.54, 1.807) is 18.7 Å². The Kier molecular flexibility index (Phi) is 4.00. The summed E-state index contributed by atoms with van der Waals surface area (Å²) in [6.45, 7) is 5.80. The van der Waals surface area contributed by atoms with Crippen LogP contribution in [0.5, 0.6) is 0 Å². The number of nitrogens with one attached hydrogen (secondary N) is 1. The number of rotatable bonds is 3. The number of imide groups is 1. The molecule has 2 rings (SSSR count). The van der Waals surface area contributed by atoms with E-state index in [9.17, 15) is 14.4 Å². The highest BCUT2D eigenvalue weighted by Gasteiger charge is 2.55. The molecule has 2 aliphatic rings. The summed E-state index contributed by atoms with van der Waals surface area (Å²) in [5.74, 6) is -0.0383. The highest BCUT2D eigenvalue weighted by Crippen LogP contribution is 2.40. The number of methoxy groups -OCH3 is 1. The van der Waals surface area contributed by atoms with Crippen molar-refractivity contribution in [3.63, 3.8) is 0 Å². The average molecular weight is 296 g/mol. The summed E-state index contributed by atoms with van der Waals surface area (Å²) in [4.78, 5) is 37.9. The SMILES string of the molecule is COC(=O)C(C)(C)CN1C(=O)NC(=O)C12CCC(C)CC2. The second kappa shape index (κ2) is 5.31. The molecule has 0 bridgehead atoms. The molecule has 118 valence electrons. The first-order valence-electron chi connectivity index (χ1n) is 7.44. The number of nitrogens with zero attached hydrogens (tertiary/aromatic N) is 1. The lowest BCUT2D eigenvalue weighted by Crippen LogP contribution is -2.55. The van der Waals surface area contributed by atoms with Crippen LogP contribution in [0.3, 0.4) is 0 Å². The summed E-state index contributed by atoms with van der Waals surface area (Å²) < 4.78 is 4.80. The van der Waals surface area contributed by atoms with Crippen LogP contribution in [0.25, 0.3) is 0 Å². The van der Waals surface area contributed by atoms with Gasteiger partial charge in [-0.15, -0.1) is 0 Å². The van der Waals surface area contributed by atoms with Gasteiger partial charge in [0, 0.05) is 6.54 Å². The van der Waals surface area contributed by atoms with Gasteiger partial charge in [-0.2, -0.15) is 0 Å². The zero-order valence-electron chi connectivity index (χ0n) is 13.2. The summed E-state index contributed by atoms with van der Waals surface area (Å²) >= 11 is 0. The highest BCUT2D eigenvalue weighted by atomic mass is 16.5. The summed E-state index contributed by atoms with van der Waals surface area (Å²) in [5, 5.41) is 2.42. The minimum atomic E-state index is -0.841. The van der Waals surface area contributed by atoms with E-state index in [1.165, 1.54) is 7.11 Å². The van der Waals surface area contributed by atoms with Gasteiger partial charge in [-0.3, -0.25) is 14.9 Å². The predicted molar refractivity (Wildman–Crippen MR) is 76.4 cm³/mol. The number of esters is 1. The van der Waals surface area contributed by atoms with Gasteiger partial charge >= 0.3 is 12.0 Å². The first-order valence-corrected chi connectivity index (χ1v) is 7.44. The Labute approximate surface area is 125 Å². The van der Waals surface area contributed by atoms with Gasteiger partial charge in [0.2, 0.25) is 0 Å². The average Bonchev–Trinajstić information content (AvgIpc) is 2.65. The third-order valence-electron chi connectivity index (χ3n) is 4.80. The molecular weight excluding hydrogens is 272 g/mol. The summed E-state index contributed by atoms with van der Waals surface area (Å²) in [6, 6.07) is -0.397. The van der Waals surface area contributed by atoms with Crippen molar-refractivity contribution in [3.8, 4) is 0 Å². The molecule has 1 N–H and O–H groups in total. The molecule has 1 aliphatic carbocycles. The highest BCUT2D eigenvalue weighted by molar-refractivity contribution is 6.07. The molecule has 6 heteroatoms. The van der Waals surface area contributed by atoms with Crippen molar-refractivity contribution in [3.05, 3.63) is 0 Å². The van der Waals surface area contributed by atoms with Crippen LogP contribution in [0.15, 0.2) is 0 Å². The zero-order valence-corrected chi connectivity index (χ0v) is 13.2. The van der Waals surface area contributed by atoms with E-state index in [2.05, 4.69) is 12.2 Å². The maximum Gasteiger partial charge on any atom is 0.325 e. The third kappa shape index (κ3) is 2.63. The molecule has 6 nitrogen and oxygen atoms in total. The normalized spacial score (nSPS) is 29.7. The number of ether oxygens (including phenoxy) is 1. The quantitative estimate of drug-likeness (QED) is 0.635. The second-order valence-corrected chi connectivity index (χ2v) is 6.93. The molecule has 0 aromatic heterocycles. The Morgan fingerprint density at radius 3 is 2.48 bits per heavy atom. The molecule has 0 aromatic rings.